The Kier molecular flexibility index (Phi) is 5.29. The van der Waals surface area contributed by atoms with Gasteiger partial charge in [-0.3, -0.25) is 9.48 Å². The van der Waals surface area contributed by atoms with Gasteiger partial charge in [0, 0.05) is 19.5 Å². The minimum atomic E-state index is 0.159. The van der Waals surface area contributed by atoms with Gasteiger partial charge in [0.2, 0.25) is 5.91 Å². The normalized spacial score (nSPS) is 10.4. The quantitative estimate of drug-likeness (QED) is 0.775. The van der Waals surface area contributed by atoms with Crippen LogP contribution in [-0.4, -0.2) is 32.1 Å². The standard InChI is InChI=1S/C15H20N4O/c1-2-9-18(11-14-6-4-3-5-7-14)15(20)8-10-19-13-16-12-17-19/h3-7,12-13H,2,8-11H2,1H3. The molecule has 0 bridgehead atoms. The number of nitrogens with zero attached hydrogens (tertiary/aromatic N) is 4. The van der Waals surface area contributed by atoms with Crippen LogP contribution in [0, 0.1) is 0 Å². The van der Waals surface area contributed by atoms with Crippen LogP contribution < -0.4 is 0 Å². The Labute approximate surface area is 119 Å². The SMILES string of the molecule is CCCN(Cc1ccccc1)C(=O)CCn1cncn1. The highest BCUT2D eigenvalue weighted by molar-refractivity contribution is 5.76. The fraction of sp³-hybridized carbons (Fsp3) is 0.400. The van der Waals surface area contributed by atoms with E-state index in [0.717, 1.165) is 18.5 Å². The maximum Gasteiger partial charge on any atom is 0.224 e. The highest BCUT2D eigenvalue weighted by Crippen LogP contribution is 2.07. The summed E-state index contributed by atoms with van der Waals surface area (Å²) >= 11 is 0. The molecule has 1 amide bonds. The Hall–Kier alpha value is -2.17. The van der Waals surface area contributed by atoms with Gasteiger partial charge in [0.05, 0.1) is 6.54 Å². The van der Waals surface area contributed by atoms with Gasteiger partial charge in [-0.1, -0.05) is 37.3 Å². The smallest absolute Gasteiger partial charge is 0.224 e. The van der Waals surface area contributed by atoms with Crippen molar-refractivity contribution in [3.63, 3.8) is 0 Å². The van der Waals surface area contributed by atoms with Crippen molar-refractivity contribution in [3.8, 4) is 0 Å². The average Bonchev–Trinajstić information content (AvgIpc) is 2.99. The van der Waals surface area contributed by atoms with E-state index in [4.69, 9.17) is 0 Å². The van der Waals surface area contributed by atoms with Gasteiger partial charge in [0.1, 0.15) is 12.7 Å². The second kappa shape index (κ2) is 7.43. The number of hydrogen-bond acceptors (Lipinski definition) is 3. The minimum Gasteiger partial charge on any atom is -0.338 e. The van der Waals surface area contributed by atoms with Gasteiger partial charge in [0.25, 0.3) is 0 Å². The Morgan fingerprint density at radius 3 is 2.75 bits per heavy atom. The molecule has 1 aromatic carbocycles. The highest BCUT2D eigenvalue weighted by Gasteiger charge is 2.13. The maximum atomic E-state index is 12.3. The molecule has 0 N–H and O–H groups in total. The molecule has 1 heterocycles. The Morgan fingerprint density at radius 1 is 1.30 bits per heavy atom. The lowest BCUT2D eigenvalue weighted by Gasteiger charge is -2.22. The molecule has 0 unspecified atom stereocenters. The van der Waals surface area contributed by atoms with Crippen LogP contribution in [-0.2, 0) is 17.9 Å². The molecule has 106 valence electrons. The van der Waals surface area contributed by atoms with E-state index in [1.165, 1.54) is 6.33 Å². The predicted octanol–water partition coefficient (Wildman–Crippen LogP) is 2.11. The summed E-state index contributed by atoms with van der Waals surface area (Å²) in [5.74, 6) is 0.159. The van der Waals surface area contributed by atoms with Gasteiger partial charge in [0.15, 0.2) is 0 Å². The second-order valence-corrected chi connectivity index (χ2v) is 4.71. The van der Waals surface area contributed by atoms with Crippen molar-refractivity contribution in [1.29, 1.82) is 0 Å². The summed E-state index contributed by atoms with van der Waals surface area (Å²) in [5, 5.41) is 4.01. The summed E-state index contributed by atoms with van der Waals surface area (Å²) in [5.41, 5.74) is 1.16. The number of benzene rings is 1. The summed E-state index contributed by atoms with van der Waals surface area (Å²) < 4.78 is 1.69. The van der Waals surface area contributed by atoms with Crippen LogP contribution in [0.3, 0.4) is 0 Å². The minimum absolute atomic E-state index is 0.159. The molecule has 2 aromatic rings. The number of aryl methyl sites for hydroxylation is 1. The zero-order chi connectivity index (χ0) is 14.2. The lowest BCUT2D eigenvalue weighted by Crippen LogP contribution is -2.31. The fourth-order valence-electron chi connectivity index (χ4n) is 2.08. The fourth-order valence-corrected chi connectivity index (χ4v) is 2.08. The van der Waals surface area contributed by atoms with Gasteiger partial charge in [-0.15, -0.1) is 0 Å². The molecule has 0 aliphatic heterocycles. The van der Waals surface area contributed by atoms with Crippen molar-refractivity contribution < 1.29 is 4.79 Å². The van der Waals surface area contributed by atoms with Crippen molar-refractivity contribution in [2.75, 3.05) is 6.54 Å². The van der Waals surface area contributed by atoms with Gasteiger partial charge in [-0.05, 0) is 12.0 Å². The Morgan fingerprint density at radius 2 is 2.10 bits per heavy atom. The molecule has 0 atom stereocenters. The Bertz CT molecular complexity index is 510. The maximum absolute atomic E-state index is 12.3. The number of carbonyl (C=O) groups is 1. The molecule has 20 heavy (non-hydrogen) atoms. The van der Waals surface area contributed by atoms with E-state index >= 15 is 0 Å². The summed E-state index contributed by atoms with van der Waals surface area (Å²) in [7, 11) is 0. The van der Waals surface area contributed by atoms with Crippen LogP contribution in [0.15, 0.2) is 43.0 Å². The third-order valence-electron chi connectivity index (χ3n) is 3.08. The van der Waals surface area contributed by atoms with E-state index in [-0.39, 0.29) is 5.91 Å². The third-order valence-corrected chi connectivity index (χ3v) is 3.08. The lowest BCUT2D eigenvalue weighted by molar-refractivity contribution is -0.132. The summed E-state index contributed by atoms with van der Waals surface area (Å²) in [6, 6.07) is 10.1. The van der Waals surface area contributed by atoms with E-state index in [2.05, 4.69) is 17.0 Å². The van der Waals surface area contributed by atoms with Gasteiger partial charge in [-0.25, -0.2) is 4.98 Å². The first kappa shape index (κ1) is 14.2. The van der Waals surface area contributed by atoms with Crippen LogP contribution in [0.1, 0.15) is 25.3 Å². The van der Waals surface area contributed by atoms with E-state index in [1.54, 1.807) is 11.0 Å². The largest absolute Gasteiger partial charge is 0.338 e. The summed E-state index contributed by atoms with van der Waals surface area (Å²) in [6.07, 6.45) is 4.53. The molecule has 0 radical (unpaired) electrons. The monoisotopic (exact) mass is 272 g/mol. The van der Waals surface area contributed by atoms with E-state index in [9.17, 15) is 4.79 Å². The van der Waals surface area contributed by atoms with Crippen molar-refractivity contribution in [3.05, 3.63) is 48.5 Å². The number of hydrogen-bond donors (Lipinski definition) is 0. The third kappa shape index (κ3) is 4.19. The molecule has 0 aliphatic carbocycles. The molecule has 0 spiro atoms. The van der Waals surface area contributed by atoms with Gasteiger partial charge in [-0.2, -0.15) is 5.10 Å². The van der Waals surface area contributed by atoms with E-state index < -0.39 is 0 Å². The van der Waals surface area contributed by atoms with Crippen molar-refractivity contribution in [2.45, 2.75) is 32.9 Å². The van der Waals surface area contributed by atoms with Crippen LogP contribution in [0.4, 0.5) is 0 Å². The first-order valence-corrected chi connectivity index (χ1v) is 6.93. The molecule has 0 fully saturated rings. The van der Waals surface area contributed by atoms with E-state index in [1.807, 2.05) is 35.2 Å². The first-order chi connectivity index (χ1) is 9.79. The molecule has 5 heteroatoms. The van der Waals surface area contributed by atoms with Gasteiger partial charge < -0.3 is 4.90 Å². The average molecular weight is 272 g/mol. The molecule has 1 aromatic heterocycles. The molecule has 0 saturated heterocycles. The summed E-state index contributed by atoms with van der Waals surface area (Å²) in [6.45, 7) is 4.12. The number of rotatable bonds is 7. The van der Waals surface area contributed by atoms with E-state index in [0.29, 0.717) is 19.5 Å². The summed E-state index contributed by atoms with van der Waals surface area (Å²) in [4.78, 5) is 18.1. The van der Waals surface area contributed by atoms with Crippen molar-refractivity contribution >= 4 is 5.91 Å². The zero-order valence-electron chi connectivity index (χ0n) is 11.8. The first-order valence-electron chi connectivity index (χ1n) is 6.93. The molecular weight excluding hydrogens is 252 g/mol. The van der Waals surface area contributed by atoms with Crippen molar-refractivity contribution in [1.82, 2.24) is 19.7 Å². The number of carbonyl (C=O) groups excluding carboxylic acids is 1. The predicted molar refractivity (Wildman–Crippen MR) is 76.8 cm³/mol. The van der Waals surface area contributed by atoms with Crippen LogP contribution >= 0.6 is 0 Å². The molecule has 0 aliphatic rings. The topological polar surface area (TPSA) is 51.0 Å². The van der Waals surface area contributed by atoms with Crippen LogP contribution in [0.2, 0.25) is 0 Å². The lowest BCUT2D eigenvalue weighted by atomic mass is 10.2. The highest BCUT2D eigenvalue weighted by atomic mass is 16.2. The molecular formula is C15H20N4O. The zero-order valence-corrected chi connectivity index (χ0v) is 11.8. The number of amides is 1. The van der Waals surface area contributed by atoms with Crippen LogP contribution in [0.25, 0.3) is 0 Å². The van der Waals surface area contributed by atoms with Crippen molar-refractivity contribution in [2.24, 2.45) is 0 Å². The molecule has 2 rings (SSSR count). The number of aromatic nitrogens is 3. The second-order valence-electron chi connectivity index (χ2n) is 4.71. The Balaban J connectivity index is 1.91. The van der Waals surface area contributed by atoms with Gasteiger partial charge >= 0.3 is 0 Å². The molecule has 5 nitrogen and oxygen atoms in total. The molecule has 0 saturated carbocycles. The van der Waals surface area contributed by atoms with Crippen LogP contribution in [0.5, 0.6) is 0 Å².